The molecule has 2 amide bonds. The van der Waals surface area contributed by atoms with E-state index in [1.807, 2.05) is 46.2 Å². The standard InChI is InChI=1S/C26H33N3O3S/c30-24(28-14-5-2-6-15-28)19-32-22-17-23(20-9-3-1-4-10-20)33-25(22)26(31)29-16-11-21(18-29)27-12-7-8-13-27/h1,3-4,9-10,17,21H,2,5-8,11-16,18-19H2. The summed E-state index contributed by atoms with van der Waals surface area (Å²) in [5.74, 6) is 0.582. The largest absolute Gasteiger partial charge is 0.482 e. The van der Waals surface area contributed by atoms with Gasteiger partial charge in [0.1, 0.15) is 10.6 Å². The van der Waals surface area contributed by atoms with Crippen molar-refractivity contribution < 1.29 is 14.3 Å². The Morgan fingerprint density at radius 3 is 2.39 bits per heavy atom. The Balaban J connectivity index is 1.32. The summed E-state index contributed by atoms with van der Waals surface area (Å²) in [5.41, 5.74) is 1.06. The lowest BCUT2D eigenvalue weighted by Crippen LogP contribution is -2.39. The van der Waals surface area contributed by atoms with E-state index in [1.165, 1.54) is 30.6 Å². The number of ether oxygens (including phenoxy) is 1. The maximum atomic E-state index is 13.6. The van der Waals surface area contributed by atoms with Gasteiger partial charge in [0.05, 0.1) is 0 Å². The minimum atomic E-state index is -0.0123. The molecule has 33 heavy (non-hydrogen) atoms. The number of hydrogen-bond donors (Lipinski definition) is 0. The molecule has 0 bridgehead atoms. The average molecular weight is 468 g/mol. The summed E-state index contributed by atoms with van der Waals surface area (Å²) >= 11 is 1.47. The molecule has 2 aromatic rings. The average Bonchev–Trinajstić information content (AvgIpc) is 3.64. The van der Waals surface area contributed by atoms with E-state index in [-0.39, 0.29) is 18.4 Å². The monoisotopic (exact) mass is 467 g/mol. The maximum Gasteiger partial charge on any atom is 0.267 e. The normalized spacial score (nSPS) is 21.5. The van der Waals surface area contributed by atoms with E-state index in [2.05, 4.69) is 4.90 Å². The van der Waals surface area contributed by atoms with Crippen molar-refractivity contribution in [2.24, 2.45) is 0 Å². The molecule has 0 radical (unpaired) electrons. The van der Waals surface area contributed by atoms with Crippen LogP contribution < -0.4 is 4.74 Å². The highest BCUT2D eigenvalue weighted by Crippen LogP contribution is 2.38. The third-order valence-electron chi connectivity index (χ3n) is 7.12. The number of benzene rings is 1. The molecule has 1 aromatic heterocycles. The van der Waals surface area contributed by atoms with E-state index >= 15 is 0 Å². The molecule has 3 saturated heterocycles. The quantitative estimate of drug-likeness (QED) is 0.641. The number of hydrogen-bond acceptors (Lipinski definition) is 5. The molecule has 3 aliphatic rings. The zero-order valence-corrected chi connectivity index (χ0v) is 20.0. The number of rotatable bonds is 6. The summed E-state index contributed by atoms with van der Waals surface area (Å²) in [6, 6.07) is 12.5. The fourth-order valence-corrected chi connectivity index (χ4v) is 6.30. The van der Waals surface area contributed by atoms with Crippen molar-refractivity contribution in [1.29, 1.82) is 0 Å². The summed E-state index contributed by atoms with van der Waals surface area (Å²) in [6.45, 7) is 5.46. The van der Waals surface area contributed by atoms with Crippen LogP contribution in [0.1, 0.15) is 48.2 Å². The Morgan fingerprint density at radius 2 is 1.64 bits per heavy atom. The first-order valence-corrected chi connectivity index (χ1v) is 13.1. The summed E-state index contributed by atoms with van der Waals surface area (Å²) in [4.78, 5) is 34.2. The number of carbonyl (C=O) groups is 2. The van der Waals surface area contributed by atoms with Gasteiger partial charge < -0.3 is 14.5 Å². The molecule has 6 nitrogen and oxygen atoms in total. The first kappa shape index (κ1) is 22.4. The van der Waals surface area contributed by atoms with Gasteiger partial charge in [-0.15, -0.1) is 11.3 Å². The van der Waals surface area contributed by atoms with Gasteiger partial charge in [-0.25, -0.2) is 0 Å². The molecular weight excluding hydrogens is 434 g/mol. The van der Waals surface area contributed by atoms with Crippen LogP contribution in [0, 0.1) is 0 Å². The second-order valence-corrected chi connectivity index (χ2v) is 10.4. The first-order chi connectivity index (χ1) is 16.2. The van der Waals surface area contributed by atoms with Crippen LogP contribution in [0.2, 0.25) is 0 Å². The van der Waals surface area contributed by atoms with Crippen molar-refractivity contribution in [3.8, 4) is 16.2 Å². The molecule has 176 valence electrons. The zero-order chi connectivity index (χ0) is 22.6. The van der Waals surface area contributed by atoms with Gasteiger partial charge in [0, 0.05) is 37.1 Å². The minimum absolute atomic E-state index is 0.0100. The van der Waals surface area contributed by atoms with Crippen LogP contribution in [0.3, 0.4) is 0 Å². The van der Waals surface area contributed by atoms with Gasteiger partial charge >= 0.3 is 0 Å². The van der Waals surface area contributed by atoms with Crippen LogP contribution in [-0.4, -0.2) is 78.4 Å². The third-order valence-corrected chi connectivity index (χ3v) is 8.27. The molecule has 1 aromatic carbocycles. The Kier molecular flexibility index (Phi) is 6.97. The van der Waals surface area contributed by atoms with Crippen molar-refractivity contribution in [3.63, 3.8) is 0 Å². The van der Waals surface area contributed by atoms with E-state index in [4.69, 9.17) is 4.74 Å². The Morgan fingerprint density at radius 1 is 0.909 bits per heavy atom. The summed E-state index contributed by atoms with van der Waals surface area (Å²) in [5, 5.41) is 0. The van der Waals surface area contributed by atoms with E-state index in [9.17, 15) is 9.59 Å². The van der Waals surface area contributed by atoms with Gasteiger partial charge in [-0.2, -0.15) is 0 Å². The Hall–Kier alpha value is -2.38. The highest BCUT2D eigenvalue weighted by Gasteiger charge is 2.34. The maximum absolute atomic E-state index is 13.6. The number of nitrogens with zero attached hydrogens (tertiary/aromatic N) is 3. The van der Waals surface area contributed by atoms with E-state index in [0.29, 0.717) is 16.7 Å². The second-order valence-electron chi connectivity index (χ2n) is 9.34. The summed E-state index contributed by atoms with van der Waals surface area (Å²) in [7, 11) is 0. The molecule has 0 aliphatic carbocycles. The van der Waals surface area contributed by atoms with Gasteiger partial charge in [0.25, 0.3) is 11.8 Å². The number of amides is 2. The first-order valence-electron chi connectivity index (χ1n) is 12.3. The number of carbonyl (C=O) groups excluding carboxylic acids is 2. The van der Waals surface area contributed by atoms with Crippen LogP contribution in [0.5, 0.6) is 5.75 Å². The smallest absolute Gasteiger partial charge is 0.267 e. The van der Waals surface area contributed by atoms with Crippen LogP contribution in [0.4, 0.5) is 0 Å². The molecule has 1 unspecified atom stereocenters. The van der Waals surface area contributed by atoms with Crippen molar-refractivity contribution in [2.45, 2.75) is 44.6 Å². The molecule has 0 spiro atoms. The molecule has 4 heterocycles. The van der Waals surface area contributed by atoms with E-state index in [1.54, 1.807) is 0 Å². The molecular formula is C26H33N3O3S. The number of thiophene rings is 1. The van der Waals surface area contributed by atoms with Gasteiger partial charge in [0.2, 0.25) is 0 Å². The van der Waals surface area contributed by atoms with Crippen LogP contribution in [0.15, 0.2) is 36.4 Å². The van der Waals surface area contributed by atoms with Crippen molar-refractivity contribution >= 4 is 23.2 Å². The molecule has 3 aliphatic heterocycles. The number of piperidine rings is 1. The lowest BCUT2D eigenvalue weighted by atomic mass is 10.1. The molecule has 1 atom stereocenters. The lowest BCUT2D eigenvalue weighted by molar-refractivity contribution is -0.134. The van der Waals surface area contributed by atoms with Crippen LogP contribution >= 0.6 is 11.3 Å². The van der Waals surface area contributed by atoms with Crippen LogP contribution in [0.25, 0.3) is 10.4 Å². The molecule has 3 fully saturated rings. The predicted molar refractivity (Wildman–Crippen MR) is 131 cm³/mol. The van der Waals surface area contributed by atoms with E-state index in [0.717, 1.165) is 69.0 Å². The van der Waals surface area contributed by atoms with Gasteiger partial charge in [-0.3, -0.25) is 14.5 Å². The topological polar surface area (TPSA) is 53.1 Å². The molecule has 0 saturated carbocycles. The fraction of sp³-hybridized carbons (Fsp3) is 0.538. The summed E-state index contributed by atoms with van der Waals surface area (Å²) < 4.78 is 6.02. The third kappa shape index (κ3) is 5.09. The highest BCUT2D eigenvalue weighted by molar-refractivity contribution is 7.17. The van der Waals surface area contributed by atoms with Crippen molar-refractivity contribution in [1.82, 2.24) is 14.7 Å². The van der Waals surface area contributed by atoms with Gasteiger partial charge in [0.15, 0.2) is 6.61 Å². The zero-order valence-electron chi connectivity index (χ0n) is 19.2. The van der Waals surface area contributed by atoms with Gasteiger partial charge in [-0.05, 0) is 63.2 Å². The Labute approximate surface area is 200 Å². The van der Waals surface area contributed by atoms with Crippen molar-refractivity contribution in [2.75, 3.05) is 45.9 Å². The molecule has 0 N–H and O–H groups in total. The van der Waals surface area contributed by atoms with Crippen molar-refractivity contribution in [3.05, 3.63) is 41.3 Å². The van der Waals surface area contributed by atoms with Gasteiger partial charge in [-0.1, -0.05) is 30.3 Å². The van der Waals surface area contributed by atoms with E-state index < -0.39 is 0 Å². The molecule has 5 rings (SSSR count). The fourth-order valence-electron chi connectivity index (χ4n) is 5.22. The second kappa shape index (κ2) is 10.3. The SMILES string of the molecule is O=C(COc1cc(-c2ccccc2)sc1C(=O)N1CCC(N2CCCC2)C1)N1CCCCC1. The minimum Gasteiger partial charge on any atom is -0.482 e. The highest BCUT2D eigenvalue weighted by atomic mass is 32.1. The molecule has 7 heteroatoms. The van der Waals surface area contributed by atoms with Crippen LogP contribution in [-0.2, 0) is 4.79 Å². The summed E-state index contributed by atoms with van der Waals surface area (Å²) in [6.07, 6.45) is 6.85. The Bertz CT molecular complexity index is 964. The lowest BCUT2D eigenvalue weighted by Gasteiger charge is -2.26. The predicted octanol–water partition coefficient (Wildman–Crippen LogP) is 4.12. The number of likely N-dealkylation sites (tertiary alicyclic amines) is 3.